The van der Waals surface area contributed by atoms with Crippen LogP contribution in [-0.2, 0) is 19.6 Å². The van der Waals surface area contributed by atoms with E-state index in [1.807, 2.05) is 0 Å². The van der Waals surface area contributed by atoms with Crippen molar-refractivity contribution in [3.63, 3.8) is 0 Å². The molecule has 8 heteroatoms. The number of aryl methyl sites for hydroxylation is 1. The van der Waals surface area contributed by atoms with Gasteiger partial charge < -0.3 is 4.74 Å². The van der Waals surface area contributed by atoms with E-state index in [-0.39, 0.29) is 24.1 Å². The molecule has 1 rings (SSSR count). The van der Waals surface area contributed by atoms with Crippen molar-refractivity contribution in [1.82, 2.24) is 4.31 Å². The maximum absolute atomic E-state index is 12.7. The number of halogens is 1. The Balaban J connectivity index is 3.13. The van der Waals surface area contributed by atoms with Gasteiger partial charge in [0.2, 0.25) is 10.0 Å². The molecule has 0 saturated carbocycles. The van der Waals surface area contributed by atoms with Crippen LogP contribution in [0.15, 0.2) is 14.7 Å². The molecule has 0 amide bonds. The lowest BCUT2D eigenvalue weighted by atomic mass is 10.4. The minimum Gasteiger partial charge on any atom is -0.465 e. The number of hydrogen-bond acceptors (Lipinski definition) is 5. The van der Waals surface area contributed by atoms with Gasteiger partial charge in [-0.1, -0.05) is 0 Å². The van der Waals surface area contributed by atoms with E-state index in [0.717, 1.165) is 8.09 Å². The second kappa shape index (κ2) is 7.02. The highest BCUT2D eigenvalue weighted by atomic mass is 79.9. The molecule has 0 fully saturated rings. The van der Waals surface area contributed by atoms with Crippen LogP contribution in [0, 0.1) is 6.92 Å². The van der Waals surface area contributed by atoms with Crippen molar-refractivity contribution in [2.24, 2.45) is 0 Å². The SMILES string of the molecule is CCOC(=O)CN(C(C)C)S(=O)(=O)c1cc(Br)sc1C. The Kier molecular flexibility index (Phi) is 6.18. The summed E-state index contributed by atoms with van der Waals surface area (Å²) in [6.45, 7) is 6.84. The highest BCUT2D eigenvalue weighted by Crippen LogP contribution is 2.32. The smallest absolute Gasteiger partial charge is 0.321 e. The van der Waals surface area contributed by atoms with Gasteiger partial charge in [0.05, 0.1) is 15.3 Å². The van der Waals surface area contributed by atoms with Gasteiger partial charge in [-0.2, -0.15) is 4.31 Å². The fraction of sp³-hybridized carbons (Fsp3) is 0.583. The molecule has 1 heterocycles. The summed E-state index contributed by atoms with van der Waals surface area (Å²) in [7, 11) is -3.71. The second-order valence-corrected chi connectivity index (χ2v) is 8.91. The molecule has 114 valence electrons. The average molecular weight is 384 g/mol. The van der Waals surface area contributed by atoms with Crippen molar-refractivity contribution >= 4 is 43.3 Å². The van der Waals surface area contributed by atoms with Gasteiger partial charge in [0.1, 0.15) is 6.54 Å². The predicted molar refractivity (Wildman–Crippen MR) is 82.4 cm³/mol. The number of carbonyl (C=O) groups is 1. The van der Waals surface area contributed by atoms with Crippen LogP contribution < -0.4 is 0 Å². The Bertz CT molecular complexity index is 580. The Morgan fingerprint density at radius 1 is 1.50 bits per heavy atom. The monoisotopic (exact) mass is 383 g/mol. The summed E-state index contributed by atoms with van der Waals surface area (Å²) in [5, 5.41) is 0. The summed E-state index contributed by atoms with van der Waals surface area (Å²) in [6.07, 6.45) is 0. The third-order valence-corrected chi connectivity index (χ3v) is 6.43. The highest BCUT2D eigenvalue weighted by molar-refractivity contribution is 9.11. The lowest BCUT2D eigenvalue weighted by molar-refractivity contribution is -0.143. The second-order valence-electron chi connectivity index (χ2n) is 4.42. The van der Waals surface area contributed by atoms with E-state index < -0.39 is 16.0 Å². The maximum atomic E-state index is 12.7. The third-order valence-electron chi connectivity index (χ3n) is 2.60. The number of thiophene rings is 1. The topological polar surface area (TPSA) is 63.7 Å². The van der Waals surface area contributed by atoms with Crippen LogP contribution >= 0.6 is 27.3 Å². The average Bonchev–Trinajstić information content (AvgIpc) is 2.66. The molecule has 0 N–H and O–H groups in total. The highest BCUT2D eigenvalue weighted by Gasteiger charge is 2.31. The summed E-state index contributed by atoms with van der Waals surface area (Å²) in [4.78, 5) is 12.5. The van der Waals surface area contributed by atoms with Gasteiger partial charge in [-0.15, -0.1) is 11.3 Å². The van der Waals surface area contributed by atoms with Crippen LogP contribution in [0.1, 0.15) is 25.6 Å². The van der Waals surface area contributed by atoms with Crippen LogP contribution in [0.5, 0.6) is 0 Å². The van der Waals surface area contributed by atoms with Crippen molar-refractivity contribution in [3.05, 3.63) is 14.7 Å². The lowest BCUT2D eigenvalue weighted by Gasteiger charge is -2.24. The van der Waals surface area contributed by atoms with Crippen molar-refractivity contribution in [2.75, 3.05) is 13.2 Å². The fourth-order valence-electron chi connectivity index (χ4n) is 1.69. The molecular weight excluding hydrogens is 366 g/mol. The molecule has 0 atom stereocenters. The molecule has 0 aliphatic rings. The van der Waals surface area contributed by atoms with Gasteiger partial charge in [-0.3, -0.25) is 4.79 Å². The van der Waals surface area contributed by atoms with Crippen molar-refractivity contribution < 1.29 is 17.9 Å². The molecule has 0 aliphatic heterocycles. The number of hydrogen-bond donors (Lipinski definition) is 0. The molecule has 0 radical (unpaired) electrons. The first-order valence-corrected chi connectivity index (χ1v) is 9.18. The summed E-state index contributed by atoms with van der Waals surface area (Å²) < 4.78 is 32.0. The minimum absolute atomic E-state index is 0.229. The largest absolute Gasteiger partial charge is 0.465 e. The summed E-state index contributed by atoms with van der Waals surface area (Å²) in [5.41, 5.74) is 0. The van der Waals surface area contributed by atoms with Gasteiger partial charge >= 0.3 is 5.97 Å². The van der Waals surface area contributed by atoms with Crippen LogP contribution in [0.25, 0.3) is 0 Å². The Hall–Kier alpha value is -0.440. The normalized spacial score (nSPS) is 12.2. The van der Waals surface area contributed by atoms with Crippen LogP contribution in [0.2, 0.25) is 0 Å². The molecule has 0 aromatic carbocycles. The van der Waals surface area contributed by atoms with Crippen molar-refractivity contribution in [1.29, 1.82) is 0 Å². The van der Waals surface area contributed by atoms with Crippen molar-refractivity contribution in [3.8, 4) is 0 Å². The first kappa shape index (κ1) is 17.6. The van der Waals surface area contributed by atoms with E-state index in [4.69, 9.17) is 4.74 Å². The molecule has 1 aromatic heterocycles. The first-order chi connectivity index (χ1) is 9.20. The maximum Gasteiger partial charge on any atom is 0.321 e. The quantitative estimate of drug-likeness (QED) is 0.708. The Morgan fingerprint density at radius 2 is 2.10 bits per heavy atom. The van der Waals surface area contributed by atoms with Gasteiger partial charge in [0, 0.05) is 10.9 Å². The van der Waals surface area contributed by atoms with Gasteiger partial charge in [0.15, 0.2) is 0 Å². The van der Waals surface area contributed by atoms with E-state index >= 15 is 0 Å². The van der Waals surface area contributed by atoms with Crippen LogP contribution in [0.3, 0.4) is 0 Å². The summed E-state index contributed by atoms with van der Waals surface area (Å²) in [6, 6.07) is 1.23. The van der Waals surface area contributed by atoms with Gasteiger partial charge in [-0.05, 0) is 49.7 Å². The molecule has 0 saturated heterocycles. The third kappa shape index (κ3) is 4.03. The molecule has 0 spiro atoms. The van der Waals surface area contributed by atoms with E-state index in [2.05, 4.69) is 15.9 Å². The standard InChI is InChI=1S/C12H18BrNO4S2/c1-5-18-12(15)7-14(8(2)3)20(16,17)10-6-11(13)19-9(10)4/h6,8H,5,7H2,1-4H3. The molecule has 5 nitrogen and oxygen atoms in total. The molecule has 0 unspecified atom stereocenters. The summed E-state index contributed by atoms with van der Waals surface area (Å²) >= 11 is 4.63. The number of esters is 1. The number of carbonyl (C=O) groups excluding carboxylic acids is 1. The zero-order valence-corrected chi connectivity index (χ0v) is 15.1. The van der Waals surface area contributed by atoms with E-state index in [0.29, 0.717) is 4.88 Å². The Morgan fingerprint density at radius 3 is 2.50 bits per heavy atom. The molecular formula is C12H18BrNO4S2. The van der Waals surface area contributed by atoms with Crippen LogP contribution in [-0.4, -0.2) is 37.9 Å². The summed E-state index contributed by atoms with van der Waals surface area (Å²) in [5.74, 6) is -0.545. The Labute approximate surface area is 132 Å². The lowest BCUT2D eigenvalue weighted by Crippen LogP contribution is -2.41. The number of rotatable bonds is 6. The van der Waals surface area contributed by atoms with E-state index in [1.165, 1.54) is 11.3 Å². The molecule has 0 aliphatic carbocycles. The first-order valence-electron chi connectivity index (χ1n) is 6.13. The van der Waals surface area contributed by atoms with Crippen LogP contribution in [0.4, 0.5) is 0 Å². The number of sulfonamides is 1. The van der Waals surface area contributed by atoms with Crippen molar-refractivity contribution in [2.45, 2.75) is 38.6 Å². The molecule has 1 aromatic rings. The predicted octanol–water partition coefficient (Wildman–Crippen LogP) is 2.78. The van der Waals surface area contributed by atoms with Gasteiger partial charge in [0.25, 0.3) is 0 Å². The molecule has 0 bridgehead atoms. The molecule has 20 heavy (non-hydrogen) atoms. The van der Waals surface area contributed by atoms with E-state index in [9.17, 15) is 13.2 Å². The zero-order chi connectivity index (χ0) is 15.5. The fourth-order valence-corrected chi connectivity index (χ4v) is 5.66. The zero-order valence-electron chi connectivity index (χ0n) is 11.8. The number of nitrogens with zero attached hydrogens (tertiary/aromatic N) is 1. The van der Waals surface area contributed by atoms with E-state index in [1.54, 1.807) is 33.8 Å². The minimum atomic E-state index is -3.71. The number of ether oxygens (including phenoxy) is 1. The van der Waals surface area contributed by atoms with Gasteiger partial charge in [-0.25, -0.2) is 8.42 Å².